The van der Waals surface area contributed by atoms with Crippen LogP contribution in [0.5, 0.6) is 5.75 Å². The number of amides is 1. The Morgan fingerprint density at radius 3 is 2.37 bits per heavy atom. The molecule has 1 atom stereocenters. The van der Waals surface area contributed by atoms with E-state index in [9.17, 15) is 23.5 Å². The topological polar surface area (TPSA) is 66.8 Å². The molecule has 1 amide bonds. The molecule has 0 aliphatic carbocycles. The van der Waals surface area contributed by atoms with Crippen molar-refractivity contribution in [1.29, 1.82) is 0 Å². The minimum absolute atomic E-state index is 0.0111. The molecule has 5 nitrogen and oxygen atoms in total. The molecule has 0 aromatic heterocycles. The second-order valence-electron chi connectivity index (χ2n) is 8.04. The minimum atomic E-state index is -1.16. The number of benzene rings is 4. The Bertz CT molecular complexity index is 1520. The maximum Gasteiger partial charge on any atom is 0.300 e. The second-order valence-corrected chi connectivity index (χ2v) is 8.04. The Morgan fingerprint density at radius 2 is 1.60 bits per heavy atom. The van der Waals surface area contributed by atoms with Gasteiger partial charge in [0, 0.05) is 11.8 Å². The monoisotopic (exact) mass is 471 g/mol. The number of anilines is 1. The summed E-state index contributed by atoms with van der Waals surface area (Å²) >= 11 is 0. The number of Topliss-reactive ketones (excluding diaryl/α,β-unsaturated/α-hetero) is 1. The van der Waals surface area contributed by atoms with Gasteiger partial charge in [-0.3, -0.25) is 14.5 Å². The zero-order chi connectivity index (χ0) is 24.7. The van der Waals surface area contributed by atoms with Crippen LogP contribution in [0.3, 0.4) is 0 Å². The summed E-state index contributed by atoms with van der Waals surface area (Å²) in [4.78, 5) is 27.8. The lowest BCUT2D eigenvalue weighted by Gasteiger charge is -2.26. The fourth-order valence-corrected chi connectivity index (χ4v) is 4.50. The van der Waals surface area contributed by atoms with Gasteiger partial charge in [-0.15, -0.1) is 0 Å². The molecule has 1 fully saturated rings. The molecule has 1 unspecified atom stereocenters. The summed E-state index contributed by atoms with van der Waals surface area (Å²) in [5.74, 6) is -4.28. The fraction of sp³-hybridized carbons (Fsp3) is 0.0714. The van der Waals surface area contributed by atoms with Crippen LogP contribution < -0.4 is 9.64 Å². The van der Waals surface area contributed by atoms with Crippen LogP contribution in [-0.4, -0.2) is 23.9 Å². The number of carbonyl (C=O) groups excluding carboxylic acids is 2. The van der Waals surface area contributed by atoms with Gasteiger partial charge in [0.2, 0.25) is 0 Å². The highest BCUT2D eigenvalue weighted by Gasteiger charge is 2.47. The number of ether oxygens (including phenoxy) is 1. The number of nitrogens with zero attached hydrogens (tertiary/aromatic N) is 1. The number of ketones is 1. The lowest BCUT2D eigenvalue weighted by atomic mass is 9.91. The van der Waals surface area contributed by atoms with E-state index in [0.717, 1.165) is 27.8 Å². The largest absolute Gasteiger partial charge is 0.507 e. The number of hydrogen-bond acceptors (Lipinski definition) is 4. The first-order valence-corrected chi connectivity index (χ1v) is 10.8. The summed E-state index contributed by atoms with van der Waals surface area (Å²) in [6.07, 6.45) is 0. The number of aliphatic hydroxyl groups is 1. The van der Waals surface area contributed by atoms with E-state index >= 15 is 0 Å². The van der Waals surface area contributed by atoms with Crippen LogP contribution in [0.25, 0.3) is 16.5 Å². The van der Waals surface area contributed by atoms with Gasteiger partial charge in [-0.05, 0) is 40.6 Å². The number of carbonyl (C=O) groups is 2. The van der Waals surface area contributed by atoms with E-state index in [1.54, 1.807) is 36.4 Å². The van der Waals surface area contributed by atoms with Crippen molar-refractivity contribution < 1.29 is 28.2 Å². The molecule has 0 bridgehead atoms. The highest BCUT2D eigenvalue weighted by molar-refractivity contribution is 6.52. The first-order chi connectivity index (χ1) is 16.9. The zero-order valence-electron chi connectivity index (χ0n) is 18.5. The Balaban J connectivity index is 1.83. The third-order valence-electron chi connectivity index (χ3n) is 6.11. The first-order valence-electron chi connectivity index (χ1n) is 10.8. The summed E-state index contributed by atoms with van der Waals surface area (Å²) in [6, 6.07) is 21.2. The molecular weight excluding hydrogens is 452 g/mol. The lowest BCUT2D eigenvalue weighted by Crippen LogP contribution is -2.29. The normalized spacial score (nSPS) is 17.2. The van der Waals surface area contributed by atoms with Gasteiger partial charge in [0.05, 0.1) is 24.3 Å². The average molecular weight is 471 g/mol. The van der Waals surface area contributed by atoms with Crippen molar-refractivity contribution in [1.82, 2.24) is 0 Å². The maximum absolute atomic E-state index is 14.2. The van der Waals surface area contributed by atoms with Crippen LogP contribution in [0.1, 0.15) is 17.2 Å². The molecular formula is C28H19F2NO4. The maximum atomic E-state index is 14.2. The van der Waals surface area contributed by atoms with Crippen LogP contribution in [0.2, 0.25) is 0 Å². The van der Waals surface area contributed by atoms with Gasteiger partial charge in [-0.1, -0.05) is 54.6 Å². The predicted octanol–water partition coefficient (Wildman–Crippen LogP) is 5.75. The van der Waals surface area contributed by atoms with E-state index in [4.69, 9.17) is 4.74 Å². The zero-order valence-corrected chi connectivity index (χ0v) is 18.5. The Morgan fingerprint density at radius 1 is 0.886 bits per heavy atom. The molecule has 1 heterocycles. The molecule has 4 aromatic carbocycles. The van der Waals surface area contributed by atoms with E-state index in [0.29, 0.717) is 11.3 Å². The van der Waals surface area contributed by atoms with Crippen molar-refractivity contribution >= 4 is 33.9 Å². The van der Waals surface area contributed by atoms with Gasteiger partial charge in [0.1, 0.15) is 11.5 Å². The number of halogens is 2. The van der Waals surface area contributed by atoms with E-state index < -0.39 is 35.1 Å². The van der Waals surface area contributed by atoms with Crippen molar-refractivity contribution in [3.63, 3.8) is 0 Å². The van der Waals surface area contributed by atoms with Gasteiger partial charge in [-0.2, -0.15) is 0 Å². The van der Waals surface area contributed by atoms with Crippen LogP contribution in [0.15, 0.2) is 90.5 Å². The lowest BCUT2D eigenvalue weighted by molar-refractivity contribution is -0.132. The molecule has 0 saturated carbocycles. The van der Waals surface area contributed by atoms with Crippen molar-refractivity contribution in [2.45, 2.75) is 6.04 Å². The summed E-state index contributed by atoms with van der Waals surface area (Å²) in [6.45, 7) is 0. The number of aliphatic hydroxyl groups excluding tert-OH is 1. The number of para-hydroxylation sites is 1. The van der Waals surface area contributed by atoms with Crippen LogP contribution >= 0.6 is 0 Å². The van der Waals surface area contributed by atoms with Crippen molar-refractivity contribution in [2.24, 2.45) is 0 Å². The third kappa shape index (κ3) is 3.61. The summed E-state index contributed by atoms with van der Waals surface area (Å²) in [5.41, 5.74) is 0.579. The smallest absolute Gasteiger partial charge is 0.300 e. The molecule has 0 radical (unpaired) electrons. The van der Waals surface area contributed by atoms with Gasteiger partial charge in [0.15, 0.2) is 11.6 Å². The van der Waals surface area contributed by atoms with Gasteiger partial charge in [-0.25, -0.2) is 8.78 Å². The Labute approximate surface area is 199 Å². The number of hydrogen-bond donors (Lipinski definition) is 1. The fourth-order valence-electron chi connectivity index (χ4n) is 4.50. The number of rotatable bonds is 4. The van der Waals surface area contributed by atoms with Crippen LogP contribution in [0.4, 0.5) is 14.5 Å². The van der Waals surface area contributed by atoms with E-state index in [2.05, 4.69) is 0 Å². The molecule has 1 N–H and O–H groups in total. The molecule has 1 aliphatic heterocycles. The Hall–Kier alpha value is -4.52. The highest BCUT2D eigenvalue weighted by atomic mass is 19.2. The first kappa shape index (κ1) is 22.3. The van der Waals surface area contributed by atoms with Gasteiger partial charge >= 0.3 is 0 Å². The standard InChI is InChI=1S/C28H19F2NO4/c1-35-23-12-5-4-10-20(23)26(32)24-25(19-11-6-8-16-7-2-3-9-18(16)19)31(28(34)27(24)33)17-13-14-21(29)22(30)15-17/h2-15,25,32H,1H3/b26-24+. The van der Waals surface area contributed by atoms with Crippen molar-refractivity contribution in [3.05, 3.63) is 113 Å². The molecule has 174 valence electrons. The van der Waals surface area contributed by atoms with Gasteiger partial charge < -0.3 is 9.84 Å². The Kier molecular flexibility index (Phi) is 5.53. The summed E-state index contributed by atoms with van der Waals surface area (Å²) in [5, 5.41) is 12.9. The van der Waals surface area contributed by atoms with Crippen molar-refractivity contribution in [3.8, 4) is 5.75 Å². The molecule has 4 aromatic rings. The van der Waals surface area contributed by atoms with E-state index in [1.165, 1.54) is 13.2 Å². The summed E-state index contributed by atoms with van der Waals surface area (Å²) < 4.78 is 33.2. The molecule has 35 heavy (non-hydrogen) atoms. The van der Waals surface area contributed by atoms with Crippen LogP contribution in [0, 0.1) is 11.6 Å². The summed E-state index contributed by atoms with van der Waals surface area (Å²) in [7, 11) is 1.42. The quantitative estimate of drug-likeness (QED) is 0.234. The molecule has 5 rings (SSSR count). The number of methoxy groups -OCH3 is 1. The van der Waals surface area contributed by atoms with E-state index in [-0.39, 0.29) is 16.8 Å². The van der Waals surface area contributed by atoms with Gasteiger partial charge in [0.25, 0.3) is 11.7 Å². The average Bonchev–Trinajstić information content (AvgIpc) is 3.15. The minimum Gasteiger partial charge on any atom is -0.507 e. The third-order valence-corrected chi connectivity index (χ3v) is 6.11. The molecule has 1 saturated heterocycles. The van der Waals surface area contributed by atoms with Crippen molar-refractivity contribution in [2.75, 3.05) is 12.0 Å². The highest BCUT2D eigenvalue weighted by Crippen LogP contribution is 2.45. The SMILES string of the molecule is COc1ccccc1/C(O)=C1\C(=O)C(=O)N(c2ccc(F)c(F)c2)C1c1cccc2ccccc12. The van der Waals surface area contributed by atoms with E-state index in [1.807, 2.05) is 30.3 Å². The predicted molar refractivity (Wildman–Crippen MR) is 128 cm³/mol. The molecule has 7 heteroatoms. The second kappa shape index (κ2) is 8.68. The molecule has 0 spiro atoms. The van der Waals surface area contributed by atoms with Crippen LogP contribution in [-0.2, 0) is 9.59 Å². The molecule has 1 aliphatic rings. The number of fused-ring (bicyclic) bond motifs is 1.